The van der Waals surface area contributed by atoms with Crippen LogP contribution < -0.4 is 16.4 Å². The summed E-state index contributed by atoms with van der Waals surface area (Å²) in [6, 6.07) is 6.19. The number of nitrogens with two attached hydrogens (primary N) is 1. The molecule has 19 heavy (non-hydrogen) atoms. The number of piperidine rings is 1. The Morgan fingerprint density at radius 3 is 3.11 bits per heavy atom. The van der Waals surface area contributed by atoms with Crippen molar-refractivity contribution in [3.05, 3.63) is 29.3 Å². The van der Waals surface area contributed by atoms with Gasteiger partial charge in [-0.05, 0) is 55.5 Å². The van der Waals surface area contributed by atoms with Crippen molar-refractivity contribution in [3.63, 3.8) is 0 Å². The van der Waals surface area contributed by atoms with Gasteiger partial charge in [-0.25, -0.2) is 0 Å². The van der Waals surface area contributed by atoms with Crippen LogP contribution >= 0.6 is 0 Å². The fourth-order valence-corrected chi connectivity index (χ4v) is 3.10. The van der Waals surface area contributed by atoms with Gasteiger partial charge in [-0.3, -0.25) is 4.79 Å². The first-order chi connectivity index (χ1) is 9.22. The highest BCUT2D eigenvalue weighted by Crippen LogP contribution is 2.29. The molecule has 1 aromatic carbocycles. The maximum Gasteiger partial charge on any atom is 0.228 e. The highest BCUT2D eigenvalue weighted by Gasteiger charge is 2.21. The monoisotopic (exact) mass is 259 g/mol. The Hall–Kier alpha value is -1.39. The summed E-state index contributed by atoms with van der Waals surface area (Å²) in [6.07, 6.45) is 4.03. The molecule has 0 aromatic heterocycles. The number of carbonyl (C=O) groups is 1. The van der Waals surface area contributed by atoms with Crippen molar-refractivity contribution in [3.8, 4) is 0 Å². The van der Waals surface area contributed by atoms with Gasteiger partial charge in [0, 0.05) is 11.7 Å². The van der Waals surface area contributed by atoms with Crippen molar-refractivity contribution in [2.75, 3.05) is 18.4 Å². The van der Waals surface area contributed by atoms with Gasteiger partial charge in [-0.2, -0.15) is 0 Å². The average molecular weight is 259 g/mol. The fraction of sp³-hybridized carbons (Fsp3) is 0.533. The summed E-state index contributed by atoms with van der Waals surface area (Å²) in [5, 5.41) is 6.28. The predicted molar refractivity (Wildman–Crippen MR) is 75.9 cm³/mol. The van der Waals surface area contributed by atoms with E-state index in [1.807, 2.05) is 12.1 Å². The lowest BCUT2D eigenvalue weighted by molar-refractivity contribution is -0.115. The van der Waals surface area contributed by atoms with Crippen molar-refractivity contribution in [2.45, 2.75) is 31.7 Å². The van der Waals surface area contributed by atoms with E-state index in [-0.39, 0.29) is 11.9 Å². The summed E-state index contributed by atoms with van der Waals surface area (Å²) in [4.78, 5) is 11.3. The van der Waals surface area contributed by atoms with Gasteiger partial charge >= 0.3 is 0 Å². The van der Waals surface area contributed by atoms with Crippen LogP contribution in [0.4, 0.5) is 5.69 Å². The largest absolute Gasteiger partial charge is 0.326 e. The van der Waals surface area contributed by atoms with Crippen molar-refractivity contribution < 1.29 is 4.79 Å². The van der Waals surface area contributed by atoms with E-state index in [0.29, 0.717) is 12.3 Å². The number of nitrogens with one attached hydrogen (secondary N) is 2. The maximum absolute atomic E-state index is 11.3. The van der Waals surface area contributed by atoms with Crippen LogP contribution in [0.15, 0.2) is 18.2 Å². The van der Waals surface area contributed by atoms with Gasteiger partial charge in [0.2, 0.25) is 5.91 Å². The van der Waals surface area contributed by atoms with Crippen LogP contribution in [0.1, 0.15) is 36.4 Å². The van der Waals surface area contributed by atoms with Crippen molar-refractivity contribution in [1.82, 2.24) is 5.32 Å². The predicted octanol–water partition coefficient (Wildman–Crippen LogP) is 1.57. The summed E-state index contributed by atoms with van der Waals surface area (Å²) < 4.78 is 0. The topological polar surface area (TPSA) is 67.1 Å². The molecule has 2 heterocycles. The van der Waals surface area contributed by atoms with E-state index < -0.39 is 0 Å². The number of benzene rings is 1. The van der Waals surface area contributed by atoms with Crippen LogP contribution in [-0.4, -0.2) is 19.0 Å². The van der Waals surface area contributed by atoms with Crippen LogP contribution in [0.5, 0.6) is 0 Å². The number of hydrogen-bond donors (Lipinski definition) is 3. The summed E-state index contributed by atoms with van der Waals surface area (Å²) in [5.74, 6) is 0.758. The number of anilines is 1. The molecule has 1 saturated heterocycles. The molecule has 1 aromatic rings. The molecule has 4 N–H and O–H groups in total. The van der Waals surface area contributed by atoms with E-state index >= 15 is 0 Å². The third-order valence-electron chi connectivity index (χ3n) is 4.17. The van der Waals surface area contributed by atoms with E-state index in [4.69, 9.17) is 5.73 Å². The molecule has 0 radical (unpaired) electrons. The second-order valence-corrected chi connectivity index (χ2v) is 5.70. The zero-order valence-corrected chi connectivity index (χ0v) is 11.1. The van der Waals surface area contributed by atoms with E-state index in [1.54, 1.807) is 0 Å². The lowest BCUT2D eigenvalue weighted by atomic mass is 9.89. The molecule has 1 fully saturated rings. The molecule has 2 aliphatic rings. The Kier molecular flexibility index (Phi) is 3.53. The highest BCUT2D eigenvalue weighted by atomic mass is 16.1. The Morgan fingerprint density at radius 2 is 2.32 bits per heavy atom. The maximum atomic E-state index is 11.3. The van der Waals surface area contributed by atoms with E-state index in [9.17, 15) is 4.79 Å². The minimum absolute atomic E-state index is 0.0749. The first kappa shape index (κ1) is 12.6. The third-order valence-corrected chi connectivity index (χ3v) is 4.17. The first-order valence-corrected chi connectivity index (χ1v) is 7.11. The number of carbonyl (C=O) groups excluding carboxylic acids is 1. The quantitative estimate of drug-likeness (QED) is 0.772. The molecule has 3 rings (SSSR count). The lowest BCUT2D eigenvalue weighted by Gasteiger charge is -2.25. The molecule has 4 heteroatoms. The van der Waals surface area contributed by atoms with Crippen LogP contribution in [-0.2, 0) is 11.2 Å². The molecule has 0 bridgehead atoms. The van der Waals surface area contributed by atoms with E-state index in [0.717, 1.165) is 36.3 Å². The van der Waals surface area contributed by atoms with Gasteiger partial charge < -0.3 is 16.4 Å². The second-order valence-electron chi connectivity index (χ2n) is 5.70. The number of rotatable bonds is 3. The number of amides is 1. The molecule has 2 unspecified atom stereocenters. The molecular weight excluding hydrogens is 238 g/mol. The second kappa shape index (κ2) is 5.31. The van der Waals surface area contributed by atoms with Gasteiger partial charge in [0.05, 0.1) is 6.42 Å². The molecule has 0 saturated carbocycles. The van der Waals surface area contributed by atoms with Gasteiger partial charge in [0.15, 0.2) is 0 Å². The summed E-state index contributed by atoms with van der Waals surface area (Å²) in [5.41, 5.74) is 9.50. The van der Waals surface area contributed by atoms with Gasteiger partial charge in [0.1, 0.15) is 0 Å². The molecule has 4 nitrogen and oxygen atoms in total. The molecule has 0 spiro atoms. The number of hydrogen-bond acceptors (Lipinski definition) is 3. The minimum Gasteiger partial charge on any atom is -0.326 e. The number of fused-ring (bicyclic) bond motifs is 1. The smallest absolute Gasteiger partial charge is 0.228 e. The zero-order valence-electron chi connectivity index (χ0n) is 11.1. The minimum atomic E-state index is 0.0749. The molecular formula is C15H21N3O. The van der Waals surface area contributed by atoms with Crippen molar-refractivity contribution in [2.24, 2.45) is 11.7 Å². The van der Waals surface area contributed by atoms with Crippen LogP contribution in [0.3, 0.4) is 0 Å². The Balaban J connectivity index is 1.68. The van der Waals surface area contributed by atoms with Crippen LogP contribution in [0.2, 0.25) is 0 Å². The van der Waals surface area contributed by atoms with E-state index in [2.05, 4.69) is 16.7 Å². The molecule has 2 aliphatic heterocycles. The Labute approximate surface area is 113 Å². The summed E-state index contributed by atoms with van der Waals surface area (Å²) in [6.45, 7) is 2.22. The SMILES string of the molecule is NC(CC1CCCNC1)c1ccc2c(c1)CC(=O)N2. The van der Waals surface area contributed by atoms with Gasteiger partial charge in [-0.1, -0.05) is 12.1 Å². The van der Waals surface area contributed by atoms with Gasteiger partial charge in [-0.15, -0.1) is 0 Å². The molecule has 0 aliphatic carbocycles. The molecule has 2 atom stereocenters. The van der Waals surface area contributed by atoms with E-state index in [1.165, 1.54) is 12.8 Å². The van der Waals surface area contributed by atoms with Crippen molar-refractivity contribution in [1.29, 1.82) is 0 Å². The summed E-state index contributed by atoms with van der Waals surface area (Å²) in [7, 11) is 0. The third kappa shape index (κ3) is 2.80. The highest BCUT2D eigenvalue weighted by molar-refractivity contribution is 5.99. The van der Waals surface area contributed by atoms with Crippen molar-refractivity contribution >= 4 is 11.6 Å². The average Bonchev–Trinajstić information content (AvgIpc) is 2.78. The van der Waals surface area contributed by atoms with Gasteiger partial charge in [0.25, 0.3) is 0 Å². The Morgan fingerprint density at radius 1 is 1.42 bits per heavy atom. The molecule has 102 valence electrons. The molecule has 1 amide bonds. The van der Waals surface area contributed by atoms with Crippen LogP contribution in [0, 0.1) is 5.92 Å². The standard InChI is InChI=1S/C15H21N3O/c16-13(6-10-2-1-5-17-9-10)11-3-4-14-12(7-11)8-15(19)18-14/h3-4,7,10,13,17H,1-2,5-6,8-9,16H2,(H,18,19). The normalized spacial score (nSPS) is 23.8. The zero-order chi connectivity index (χ0) is 13.2. The summed E-state index contributed by atoms with van der Waals surface area (Å²) >= 11 is 0. The van der Waals surface area contributed by atoms with Crippen LogP contribution in [0.25, 0.3) is 0 Å². The first-order valence-electron chi connectivity index (χ1n) is 7.11. The lowest BCUT2D eigenvalue weighted by Crippen LogP contribution is -2.31. The Bertz CT molecular complexity index is 480. The fourth-order valence-electron chi connectivity index (χ4n) is 3.10.